The summed E-state index contributed by atoms with van der Waals surface area (Å²) in [6, 6.07) is 5.71. The Bertz CT molecular complexity index is 599. The fourth-order valence-corrected chi connectivity index (χ4v) is 3.83. The predicted octanol–water partition coefficient (Wildman–Crippen LogP) is 0.722. The number of hydrogen-bond acceptors (Lipinski definition) is 5. The fraction of sp³-hybridized carbons (Fsp3) is 0.600. The number of hydrogen-bond donors (Lipinski definition) is 2. The average molecular weight is 343 g/mol. The summed E-state index contributed by atoms with van der Waals surface area (Å²) in [6.07, 6.45) is 0.797. The second-order valence-electron chi connectivity index (χ2n) is 5.56. The van der Waals surface area contributed by atoms with Gasteiger partial charge < -0.3 is 9.47 Å². The second kappa shape index (κ2) is 7.96. The van der Waals surface area contributed by atoms with Crippen molar-refractivity contribution in [3.8, 4) is 11.5 Å². The molecule has 0 radical (unpaired) electrons. The third-order valence-corrected chi connectivity index (χ3v) is 5.06. The lowest BCUT2D eigenvalue weighted by Crippen LogP contribution is -2.43. The van der Waals surface area contributed by atoms with Crippen molar-refractivity contribution in [3.05, 3.63) is 23.8 Å². The average Bonchev–Trinajstić information content (AvgIpc) is 2.92. The molecular formula is C15H25N3O4S. The minimum absolute atomic E-state index is 0.0634. The van der Waals surface area contributed by atoms with Crippen molar-refractivity contribution in [1.82, 2.24) is 14.3 Å². The van der Waals surface area contributed by atoms with Gasteiger partial charge in [-0.05, 0) is 24.1 Å². The van der Waals surface area contributed by atoms with Crippen LogP contribution < -0.4 is 18.9 Å². The maximum atomic E-state index is 11.7. The Morgan fingerprint density at radius 1 is 1.22 bits per heavy atom. The van der Waals surface area contributed by atoms with E-state index >= 15 is 0 Å². The van der Waals surface area contributed by atoms with Gasteiger partial charge in [0.2, 0.25) is 0 Å². The van der Waals surface area contributed by atoms with E-state index in [2.05, 4.69) is 14.3 Å². The zero-order valence-electron chi connectivity index (χ0n) is 13.8. The van der Waals surface area contributed by atoms with E-state index in [1.165, 1.54) is 0 Å². The van der Waals surface area contributed by atoms with Gasteiger partial charge in [-0.3, -0.25) is 4.90 Å². The lowest BCUT2D eigenvalue weighted by Gasteiger charge is -2.18. The van der Waals surface area contributed by atoms with E-state index in [4.69, 9.17) is 9.47 Å². The van der Waals surface area contributed by atoms with Crippen molar-refractivity contribution in [3.63, 3.8) is 0 Å². The Morgan fingerprint density at radius 3 is 2.43 bits per heavy atom. The van der Waals surface area contributed by atoms with Gasteiger partial charge in [-0.15, -0.1) is 0 Å². The molecule has 0 aromatic heterocycles. The summed E-state index contributed by atoms with van der Waals surface area (Å²) in [5.41, 5.74) is 1.08. The van der Waals surface area contributed by atoms with E-state index in [0.29, 0.717) is 13.1 Å². The molecule has 2 rings (SSSR count). The molecule has 0 amide bonds. The molecule has 2 N–H and O–H groups in total. The molecule has 0 spiro atoms. The van der Waals surface area contributed by atoms with E-state index in [1.54, 1.807) is 21.1 Å². The van der Waals surface area contributed by atoms with Crippen molar-refractivity contribution in [1.29, 1.82) is 0 Å². The predicted molar refractivity (Wildman–Crippen MR) is 89.0 cm³/mol. The molecule has 23 heavy (non-hydrogen) atoms. The second-order valence-corrected chi connectivity index (χ2v) is 7.09. The first kappa shape index (κ1) is 18.0. The summed E-state index contributed by atoms with van der Waals surface area (Å²) in [7, 11) is -0.149. The summed E-state index contributed by atoms with van der Waals surface area (Å²) >= 11 is 0. The number of rotatable bonds is 8. The van der Waals surface area contributed by atoms with E-state index in [1.807, 2.05) is 18.2 Å². The first-order chi connectivity index (χ1) is 11.0. The zero-order chi connectivity index (χ0) is 16.9. The van der Waals surface area contributed by atoms with Crippen LogP contribution >= 0.6 is 0 Å². The van der Waals surface area contributed by atoms with Crippen LogP contribution in [0.25, 0.3) is 0 Å². The molecule has 1 unspecified atom stereocenters. The van der Waals surface area contributed by atoms with Gasteiger partial charge in [0.05, 0.1) is 14.2 Å². The van der Waals surface area contributed by atoms with Gasteiger partial charge in [-0.25, -0.2) is 4.72 Å². The van der Waals surface area contributed by atoms with Crippen molar-refractivity contribution in [2.24, 2.45) is 0 Å². The number of benzene rings is 1. The molecule has 0 saturated carbocycles. The van der Waals surface area contributed by atoms with Crippen LogP contribution in [-0.2, 0) is 16.8 Å². The van der Waals surface area contributed by atoms with Crippen LogP contribution in [0.2, 0.25) is 0 Å². The molecular weight excluding hydrogens is 318 g/mol. The molecule has 0 aliphatic carbocycles. The standard InChI is InChI=1S/C15H25N3O4S/c1-4-16-23(19,20)17-13-5-6-18(11-13)10-12-7-14(21-2)9-15(8-12)22-3/h7-9,13,16-17H,4-6,10-11H2,1-3H3. The van der Waals surface area contributed by atoms with Gasteiger partial charge in [-0.2, -0.15) is 13.1 Å². The van der Waals surface area contributed by atoms with Crippen molar-refractivity contribution in [2.45, 2.75) is 25.9 Å². The van der Waals surface area contributed by atoms with Gasteiger partial charge in [0, 0.05) is 38.3 Å². The molecule has 1 aromatic carbocycles. The third kappa shape index (κ3) is 5.35. The van der Waals surface area contributed by atoms with Crippen LogP contribution in [0.1, 0.15) is 18.9 Å². The maximum absolute atomic E-state index is 11.7. The van der Waals surface area contributed by atoms with Crippen LogP contribution in [0.15, 0.2) is 18.2 Å². The topological polar surface area (TPSA) is 79.9 Å². The summed E-state index contributed by atoms with van der Waals surface area (Å²) in [5.74, 6) is 1.51. The van der Waals surface area contributed by atoms with Crippen LogP contribution in [0, 0.1) is 0 Å². The Hall–Kier alpha value is -1.35. The molecule has 1 heterocycles. The van der Waals surface area contributed by atoms with Crippen molar-refractivity contribution >= 4 is 10.2 Å². The van der Waals surface area contributed by atoms with Gasteiger partial charge in [0.25, 0.3) is 10.2 Å². The van der Waals surface area contributed by atoms with Gasteiger partial charge in [0.1, 0.15) is 11.5 Å². The highest BCUT2D eigenvalue weighted by Crippen LogP contribution is 2.24. The molecule has 1 saturated heterocycles. The Morgan fingerprint density at radius 2 is 1.87 bits per heavy atom. The minimum atomic E-state index is -3.40. The van der Waals surface area contributed by atoms with Crippen LogP contribution in [-0.4, -0.2) is 53.2 Å². The third-order valence-electron chi connectivity index (χ3n) is 3.75. The smallest absolute Gasteiger partial charge is 0.277 e. The van der Waals surface area contributed by atoms with Crippen molar-refractivity contribution in [2.75, 3.05) is 33.9 Å². The molecule has 1 atom stereocenters. The van der Waals surface area contributed by atoms with Crippen LogP contribution in [0.5, 0.6) is 11.5 Å². The Balaban J connectivity index is 1.95. The number of nitrogens with zero attached hydrogens (tertiary/aromatic N) is 1. The summed E-state index contributed by atoms with van der Waals surface area (Å²) < 4.78 is 39.2. The highest BCUT2D eigenvalue weighted by molar-refractivity contribution is 7.87. The molecule has 130 valence electrons. The highest BCUT2D eigenvalue weighted by atomic mass is 32.2. The Labute approximate surface area is 138 Å². The number of ether oxygens (including phenoxy) is 2. The first-order valence-electron chi connectivity index (χ1n) is 7.67. The summed E-state index contributed by atoms with van der Waals surface area (Å²) in [6.45, 7) is 4.40. The van der Waals surface area contributed by atoms with Crippen LogP contribution in [0.4, 0.5) is 0 Å². The van der Waals surface area contributed by atoms with Gasteiger partial charge in [-0.1, -0.05) is 6.92 Å². The quantitative estimate of drug-likeness (QED) is 0.727. The lowest BCUT2D eigenvalue weighted by atomic mass is 10.2. The lowest BCUT2D eigenvalue weighted by molar-refractivity contribution is 0.322. The molecule has 1 aromatic rings. The van der Waals surface area contributed by atoms with Crippen molar-refractivity contribution < 1.29 is 17.9 Å². The summed E-state index contributed by atoms with van der Waals surface area (Å²) in [4.78, 5) is 2.22. The van der Waals surface area contributed by atoms with E-state index < -0.39 is 10.2 Å². The molecule has 1 fully saturated rings. The normalized spacial score (nSPS) is 19.0. The largest absolute Gasteiger partial charge is 0.497 e. The van der Waals surface area contributed by atoms with E-state index in [-0.39, 0.29) is 6.04 Å². The monoisotopic (exact) mass is 343 g/mol. The number of likely N-dealkylation sites (tertiary alicyclic amines) is 1. The number of nitrogens with one attached hydrogen (secondary N) is 2. The van der Waals surface area contributed by atoms with E-state index in [9.17, 15) is 8.42 Å². The molecule has 1 aliphatic rings. The summed E-state index contributed by atoms with van der Waals surface area (Å²) in [5, 5.41) is 0. The zero-order valence-corrected chi connectivity index (χ0v) is 14.6. The van der Waals surface area contributed by atoms with E-state index in [0.717, 1.165) is 36.6 Å². The minimum Gasteiger partial charge on any atom is -0.497 e. The number of methoxy groups -OCH3 is 2. The highest BCUT2D eigenvalue weighted by Gasteiger charge is 2.26. The van der Waals surface area contributed by atoms with Crippen LogP contribution in [0.3, 0.4) is 0 Å². The maximum Gasteiger partial charge on any atom is 0.277 e. The first-order valence-corrected chi connectivity index (χ1v) is 9.15. The van der Waals surface area contributed by atoms with Gasteiger partial charge >= 0.3 is 0 Å². The molecule has 1 aliphatic heterocycles. The molecule has 0 bridgehead atoms. The molecule has 7 nitrogen and oxygen atoms in total. The SMILES string of the molecule is CCNS(=O)(=O)NC1CCN(Cc2cc(OC)cc(OC)c2)C1. The Kier molecular flexibility index (Phi) is 6.23. The molecule has 8 heteroatoms. The van der Waals surface area contributed by atoms with Gasteiger partial charge in [0.15, 0.2) is 0 Å². The fourth-order valence-electron chi connectivity index (χ4n) is 2.74.